The van der Waals surface area contributed by atoms with Gasteiger partial charge in [-0.25, -0.2) is 4.98 Å². The Kier molecular flexibility index (Phi) is 6.11. The number of nitrogens with zero attached hydrogens (tertiary/aromatic N) is 1. The molecule has 0 aromatic carbocycles. The van der Waals surface area contributed by atoms with Crippen LogP contribution in [0.3, 0.4) is 0 Å². The first-order valence-corrected chi connectivity index (χ1v) is 8.02. The van der Waals surface area contributed by atoms with E-state index in [0.717, 1.165) is 23.8 Å². The van der Waals surface area contributed by atoms with E-state index >= 15 is 0 Å². The van der Waals surface area contributed by atoms with Gasteiger partial charge >= 0.3 is 0 Å². The highest BCUT2D eigenvalue weighted by atomic mass is 32.1. The zero-order valence-corrected chi connectivity index (χ0v) is 12.1. The Morgan fingerprint density at radius 3 is 2.83 bits per heavy atom. The van der Waals surface area contributed by atoms with E-state index in [2.05, 4.69) is 22.6 Å². The molecule has 0 amide bonds. The number of ether oxygens (including phenoxy) is 1. The van der Waals surface area contributed by atoms with Crippen LogP contribution in [0.4, 0.5) is 0 Å². The molecule has 1 aliphatic carbocycles. The van der Waals surface area contributed by atoms with E-state index in [9.17, 15) is 0 Å². The number of nitrogens with one attached hydrogen (secondary N) is 1. The van der Waals surface area contributed by atoms with Gasteiger partial charge in [-0.05, 0) is 19.4 Å². The van der Waals surface area contributed by atoms with Crippen molar-refractivity contribution in [2.45, 2.75) is 64.7 Å². The van der Waals surface area contributed by atoms with Crippen molar-refractivity contribution in [1.82, 2.24) is 10.3 Å². The van der Waals surface area contributed by atoms with E-state index in [-0.39, 0.29) is 0 Å². The molecule has 0 spiro atoms. The van der Waals surface area contributed by atoms with Crippen molar-refractivity contribution in [3.05, 3.63) is 16.1 Å². The summed E-state index contributed by atoms with van der Waals surface area (Å²) in [7, 11) is 0. The second-order valence-corrected chi connectivity index (χ2v) is 5.88. The van der Waals surface area contributed by atoms with Gasteiger partial charge in [0.05, 0.1) is 18.4 Å². The van der Waals surface area contributed by atoms with E-state index in [1.54, 1.807) is 11.3 Å². The zero-order valence-electron chi connectivity index (χ0n) is 11.3. The predicted molar refractivity (Wildman–Crippen MR) is 75.8 cm³/mol. The maximum atomic E-state index is 5.99. The quantitative estimate of drug-likeness (QED) is 0.802. The van der Waals surface area contributed by atoms with Crippen molar-refractivity contribution in [3.8, 4) is 0 Å². The maximum Gasteiger partial charge on any atom is 0.107 e. The predicted octanol–water partition coefficient (Wildman–Crippen LogP) is 3.49. The van der Waals surface area contributed by atoms with Gasteiger partial charge in [0.1, 0.15) is 5.01 Å². The zero-order chi connectivity index (χ0) is 12.6. The smallest absolute Gasteiger partial charge is 0.107 e. The highest BCUT2D eigenvalue weighted by Crippen LogP contribution is 2.21. The van der Waals surface area contributed by atoms with Crippen molar-refractivity contribution in [2.75, 3.05) is 6.54 Å². The van der Waals surface area contributed by atoms with Crippen molar-refractivity contribution < 1.29 is 4.74 Å². The molecule has 1 fully saturated rings. The molecule has 1 heterocycles. The SMILES string of the molecule is CCNCc1nc(COC2CCCCCC2)cs1. The van der Waals surface area contributed by atoms with Crippen LogP contribution in [-0.2, 0) is 17.9 Å². The molecule has 0 bridgehead atoms. The Balaban J connectivity index is 1.73. The van der Waals surface area contributed by atoms with Gasteiger partial charge < -0.3 is 10.1 Å². The van der Waals surface area contributed by atoms with Crippen molar-refractivity contribution in [3.63, 3.8) is 0 Å². The second kappa shape index (κ2) is 7.87. The molecule has 102 valence electrons. The Morgan fingerprint density at radius 1 is 1.33 bits per heavy atom. The van der Waals surface area contributed by atoms with Gasteiger partial charge in [0.2, 0.25) is 0 Å². The van der Waals surface area contributed by atoms with Gasteiger partial charge in [-0.15, -0.1) is 11.3 Å². The number of hydrogen-bond donors (Lipinski definition) is 1. The molecule has 0 saturated heterocycles. The average Bonchev–Trinajstić information content (AvgIpc) is 2.68. The van der Waals surface area contributed by atoms with Crippen molar-refractivity contribution >= 4 is 11.3 Å². The van der Waals surface area contributed by atoms with Gasteiger partial charge in [-0.1, -0.05) is 32.6 Å². The van der Waals surface area contributed by atoms with E-state index in [1.165, 1.54) is 38.5 Å². The normalized spacial score (nSPS) is 17.8. The third-order valence-electron chi connectivity index (χ3n) is 3.39. The summed E-state index contributed by atoms with van der Waals surface area (Å²) >= 11 is 1.73. The van der Waals surface area contributed by atoms with Crippen LogP contribution >= 0.6 is 11.3 Å². The van der Waals surface area contributed by atoms with Gasteiger partial charge in [0, 0.05) is 11.9 Å². The van der Waals surface area contributed by atoms with Gasteiger partial charge in [-0.2, -0.15) is 0 Å². The molecular formula is C14H24N2OS. The molecule has 0 unspecified atom stereocenters. The summed E-state index contributed by atoms with van der Waals surface area (Å²) in [6.07, 6.45) is 8.34. The minimum absolute atomic E-state index is 0.464. The molecule has 0 radical (unpaired) electrons. The lowest BCUT2D eigenvalue weighted by atomic mass is 10.1. The number of thiazole rings is 1. The van der Waals surface area contributed by atoms with E-state index in [0.29, 0.717) is 12.7 Å². The third kappa shape index (κ3) is 4.67. The molecule has 1 saturated carbocycles. The fraction of sp³-hybridized carbons (Fsp3) is 0.786. The molecule has 2 rings (SSSR count). The van der Waals surface area contributed by atoms with Crippen LogP contribution in [0.15, 0.2) is 5.38 Å². The largest absolute Gasteiger partial charge is 0.372 e. The summed E-state index contributed by atoms with van der Waals surface area (Å²) in [5, 5.41) is 6.59. The molecular weight excluding hydrogens is 244 g/mol. The molecule has 18 heavy (non-hydrogen) atoms. The molecule has 0 aliphatic heterocycles. The Labute approximate surface area is 114 Å². The first-order chi connectivity index (χ1) is 8.88. The Hall–Kier alpha value is -0.450. The number of hydrogen-bond acceptors (Lipinski definition) is 4. The molecule has 1 aromatic rings. The first kappa shape index (κ1) is 14.0. The summed E-state index contributed by atoms with van der Waals surface area (Å²) in [5.41, 5.74) is 1.09. The second-order valence-electron chi connectivity index (χ2n) is 4.94. The average molecular weight is 268 g/mol. The lowest BCUT2D eigenvalue weighted by Crippen LogP contribution is -2.12. The van der Waals surface area contributed by atoms with Crippen LogP contribution < -0.4 is 5.32 Å². The first-order valence-electron chi connectivity index (χ1n) is 7.14. The Morgan fingerprint density at radius 2 is 2.11 bits per heavy atom. The van der Waals surface area contributed by atoms with Crippen molar-refractivity contribution in [1.29, 1.82) is 0 Å². The lowest BCUT2D eigenvalue weighted by Gasteiger charge is -2.14. The van der Waals surface area contributed by atoms with Crippen LogP contribution in [0.25, 0.3) is 0 Å². The third-order valence-corrected chi connectivity index (χ3v) is 4.29. The monoisotopic (exact) mass is 268 g/mol. The summed E-state index contributed by atoms with van der Waals surface area (Å²) in [4.78, 5) is 4.59. The minimum atomic E-state index is 0.464. The molecule has 4 heteroatoms. The summed E-state index contributed by atoms with van der Waals surface area (Å²) in [6, 6.07) is 0. The standard InChI is InChI=1S/C14H24N2OS/c1-2-15-9-14-16-12(11-18-14)10-17-13-7-5-3-4-6-8-13/h11,13,15H,2-10H2,1H3. The van der Waals surface area contributed by atoms with Gasteiger partial charge in [0.25, 0.3) is 0 Å². The lowest BCUT2D eigenvalue weighted by molar-refractivity contribution is 0.0294. The van der Waals surface area contributed by atoms with Crippen LogP contribution in [-0.4, -0.2) is 17.6 Å². The van der Waals surface area contributed by atoms with E-state index in [1.807, 2.05) is 0 Å². The van der Waals surface area contributed by atoms with Crippen LogP contribution in [0.5, 0.6) is 0 Å². The highest BCUT2D eigenvalue weighted by molar-refractivity contribution is 7.09. The van der Waals surface area contributed by atoms with E-state index in [4.69, 9.17) is 4.74 Å². The van der Waals surface area contributed by atoms with Crippen LogP contribution in [0.1, 0.15) is 56.2 Å². The summed E-state index contributed by atoms with van der Waals surface area (Å²) in [5.74, 6) is 0. The fourth-order valence-electron chi connectivity index (χ4n) is 2.34. The van der Waals surface area contributed by atoms with Gasteiger partial charge in [0.15, 0.2) is 0 Å². The minimum Gasteiger partial charge on any atom is -0.372 e. The molecule has 1 aliphatic rings. The van der Waals surface area contributed by atoms with Crippen LogP contribution in [0, 0.1) is 0 Å². The fourth-order valence-corrected chi connectivity index (χ4v) is 3.09. The Bertz CT molecular complexity index is 332. The highest BCUT2D eigenvalue weighted by Gasteiger charge is 2.13. The number of rotatable bonds is 6. The number of aromatic nitrogens is 1. The van der Waals surface area contributed by atoms with E-state index < -0.39 is 0 Å². The molecule has 3 nitrogen and oxygen atoms in total. The molecule has 1 aromatic heterocycles. The maximum absolute atomic E-state index is 5.99. The van der Waals surface area contributed by atoms with Gasteiger partial charge in [-0.3, -0.25) is 0 Å². The topological polar surface area (TPSA) is 34.2 Å². The van der Waals surface area contributed by atoms with Crippen molar-refractivity contribution in [2.24, 2.45) is 0 Å². The molecule has 1 N–H and O–H groups in total. The summed E-state index contributed by atoms with van der Waals surface area (Å²) in [6.45, 7) is 4.68. The summed E-state index contributed by atoms with van der Waals surface area (Å²) < 4.78 is 5.99. The van der Waals surface area contributed by atoms with Crippen LogP contribution in [0.2, 0.25) is 0 Å². The molecule has 0 atom stereocenters.